The van der Waals surface area contributed by atoms with Gasteiger partial charge in [0.05, 0.1) is 19.8 Å². The summed E-state index contributed by atoms with van der Waals surface area (Å²) < 4.78 is 10.5. The minimum absolute atomic E-state index is 0.650. The molecule has 4 heteroatoms. The monoisotopic (exact) mass is 244 g/mol. The molecular formula is C13H28N2O2. The molecule has 1 fully saturated rings. The lowest BCUT2D eigenvalue weighted by atomic mass is 10.1. The fourth-order valence-corrected chi connectivity index (χ4v) is 2.30. The average molecular weight is 244 g/mol. The van der Waals surface area contributed by atoms with Crippen molar-refractivity contribution in [3.8, 4) is 0 Å². The van der Waals surface area contributed by atoms with Gasteiger partial charge in [0.15, 0.2) is 0 Å². The van der Waals surface area contributed by atoms with Crippen LogP contribution in [0.3, 0.4) is 0 Å². The molecule has 4 nitrogen and oxygen atoms in total. The van der Waals surface area contributed by atoms with Crippen molar-refractivity contribution in [2.45, 2.75) is 38.8 Å². The van der Waals surface area contributed by atoms with Gasteiger partial charge in [0.25, 0.3) is 0 Å². The maximum absolute atomic E-state index is 5.55. The second kappa shape index (κ2) is 8.86. The van der Waals surface area contributed by atoms with E-state index in [0.717, 1.165) is 26.2 Å². The Labute approximate surface area is 106 Å². The van der Waals surface area contributed by atoms with Crippen LogP contribution >= 0.6 is 0 Å². The molecule has 1 aliphatic heterocycles. The van der Waals surface area contributed by atoms with E-state index < -0.39 is 0 Å². The molecule has 0 bridgehead atoms. The van der Waals surface area contributed by atoms with E-state index in [-0.39, 0.29) is 0 Å². The van der Waals surface area contributed by atoms with E-state index in [2.05, 4.69) is 24.1 Å². The quantitative estimate of drug-likeness (QED) is 0.649. The Bertz CT molecular complexity index is 190. The fourth-order valence-electron chi connectivity index (χ4n) is 2.30. The summed E-state index contributed by atoms with van der Waals surface area (Å²) in [6.07, 6.45) is 2.42. The molecule has 0 saturated carbocycles. The van der Waals surface area contributed by atoms with Crippen molar-refractivity contribution in [2.75, 3.05) is 46.6 Å². The zero-order chi connectivity index (χ0) is 12.5. The van der Waals surface area contributed by atoms with Crippen molar-refractivity contribution < 1.29 is 9.47 Å². The first kappa shape index (κ1) is 14.9. The van der Waals surface area contributed by atoms with E-state index in [9.17, 15) is 0 Å². The number of hydrogen-bond donors (Lipinski definition) is 1. The molecule has 0 aromatic carbocycles. The normalized spacial score (nSPS) is 26.3. The molecule has 0 amide bonds. The van der Waals surface area contributed by atoms with Gasteiger partial charge in [-0.3, -0.25) is 4.90 Å². The predicted molar refractivity (Wildman–Crippen MR) is 70.4 cm³/mol. The topological polar surface area (TPSA) is 33.7 Å². The standard InChI is InChI=1S/C13H28N2O2/c1-4-12-11-15(13(5-2)10-14-12)6-7-17-9-8-16-3/h12-14H,4-11H2,1-3H3. The van der Waals surface area contributed by atoms with Crippen molar-refractivity contribution in [2.24, 2.45) is 0 Å². The highest BCUT2D eigenvalue weighted by Gasteiger charge is 2.25. The van der Waals surface area contributed by atoms with Gasteiger partial charge in [0.1, 0.15) is 0 Å². The van der Waals surface area contributed by atoms with E-state index >= 15 is 0 Å². The summed E-state index contributed by atoms with van der Waals surface area (Å²) in [6, 6.07) is 1.32. The molecule has 0 spiro atoms. The number of nitrogens with zero attached hydrogens (tertiary/aromatic N) is 1. The minimum Gasteiger partial charge on any atom is -0.382 e. The predicted octanol–water partition coefficient (Wildman–Crippen LogP) is 1.11. The van der Waals surface area contributed by atoms with Crippen LogP contribution in [0, 0.1) is 0 Å². The van der Waals surface area contributed by atoms with Crippen molar-refractivity contribution in [3.63, 3.8) is 0 Å². The van der Waals surface area contributed by atoms with Gasteiger partial charge in [-0.25, -0.2) is 0 Å². The van der Waals surface area contributed by atoms with Gasteiger partial charge in [-0.1, -0.05) is 13.8 Å². The zero-order valence-electron chi connectivity index (χ0n) is 11.6. The molecule has 0 aliphatic carbocycles. The molecule has 1 heterocycles. The van der Waals surface area contributed by atoms with Gasteiger partial charge >= 0.3 is 0 Å². The Morgan fingerprint density at radius 2 is 2.00 bits per heavy atom. The summed E-state index contributed by atoms with van der Waals surface area (Å²) in [4.78, 5) is 2.57. The molecule has 2 atom stereocenters. The molecular weight excluding hydrogens is 216 g/mol. The second-order valence-corrected chi connectivity index (χ2v) is 4.68. The minimum atomic E-state index is 0.650. The zero-order valence-corrected chi connectivity index (χ0v) is 11.6. The molecule has 102 valence electrons. The number of methoxy groups -OCH3 is 1. The van der Waals surface area contributed by atoms with E-state index in [1.165, 1.54) is 12.8 Å². The molecule has 0 radical (unpaired) electrons. The summed E-state index contributed by atoms with van der Waals surface area (Å²) in [5.74, 6) is 0. The molecule has 0 aromatic heterocycles. The van der Waals surface area contributed by atoms with Crippen molar-refractivity contribution >= 4 is 0 Å². The molecule has 1 aliphatic rings. The van der Waals surface area contributed by atoms with Gasteiger partial charge in [-0.2, -0.15) is 0 Å². The lowest BCUT2D eigenvalue weighted by Crippen LogP contribution is -2.56. The van der Waals surface area contributed by atoms with Crippen molar-refractivity contribution in [1.29, 1.82) is 0 Å². The van der Waals surface area contributed by atoms with Crippen molar-refractivity contribution in [3.05, 3.63) is 0 Å². The van der Waals surface area contributed by atoms with Crippen LogP contribution in [0.4, 0.5) is 0 Å². The molecule has 0 aromatic rings. The summed E-state index contributed by atoms with van der Waals surface area (Å²) in [5, 5.41) is 3.61. The van der Waals surface area contributed by atoms with E-state index in [0.29, 0.717) is 25.3 Å². The lowest BCUT2D eigenvalue weighted by Gasteiger charge is -2.39. The largest absolute Gasteiger partial charge is 0.382 e. The van der Waals surface area contributed by atoms with E-state index in [4.69, 9.17) is 9.47 Å². The summed E-state index contributed by atoms with van der Waals surface area (Å²) in [5.41, 5.74) is 0. The third-order valence-electron chi connectivity index (χ3n) is 3.53. The van der Waals surface area contributed by atoms with Crippen LogP contribution in [-0.2, 0) is 9.47 Å². The smallest absolute Gasteiger partial charge is 0.0700 e. The fraction of sp³-hybridized carbons (Fsp3) is 1.00. The number of hydrogen-bond acceptors (Lipinski definition) is 4. The van der Waals surface area contributed by atoms with Gasteiger partial charge in [0, 0.05) is 38.8 Å². The third-order valence-corrected chi connectivity index (χ3v) is 3.53. The Hall–Kier alpha value is -0.160. The lowest BCUT2D eigenvalue weighted by molar-refractivity contribution is 0.0384. The highest BCUT2D eigenvalue weighted by Crippen LogP contribution is 2.11. The summed E-state index contributed by atoms with van der Waals surface area (Å²) >= 11 is 0. The maximum Gasteiger partial charge on any atom is 0.0700 e. The first-order valence-electron chi connectivity index (χ1n) is 6.85. The van der Waals surface area contributed by atoms with Crippen LogP contribution in [0.15, 0.2) is 0 Å². The number of rotatable bonds is 8. The first-order chi connectivity index (χ1) is 8.31. The Kier molecular flexibility index (Phi) is 7.77. The Morgan fingerprint density at radius 1 is 1.18 bits per heavy atom. The highest BCUT2D eigenvalue weighted by atomic mass is 16.5. The van der Waals surface area contributed by atoms with Gasteiger partial charge in [0.2, 0.25) is 0 Å². The van der Waals surface area contributed by atoms with Crippen LogP contribution in [0.25, 0.3) is 0 Å². The molecule has 17 heavy (non-hydrogen) atoms. The van der Waals surface area contributed by atoms with Gasteiger partial charge in [-0.15, -0.1) is 0 Å². The highest BCUT2D eigenvalue weighted by molar-refractivity contribution is 4.84. The van der Waals surface area contributed by atoms with Gasteiger partial charge < -0.3 is 14.8 Å². The van der Waals surface area contributed by atoms with Crippen LogP contribution < -0.4 is 5.32 Å². The number of nitrogens with one attached hydrogen (secondary N) is 1. The molecule has 2 unspecified atom stereocenters. The van der Waals surface area contributed by atoms with Crippen LogP contribution in [0.2, 0.25) is 0 Å². The Morgan fingerprint density at radius 3 is 2.65 bits per heavy atom. The van der Waals surface area contributed by atoms with Crippen LogP contribution in [0.5, 0.6) is 0 Å². The SMILES string of the molecule is CCC1CN(CCOCCOC)C(CC)CN1. The summed E-state index contributed by atoms with van der Waals surface area (Å²) in [6.45, 7) is 10.0. The number of piperazine rings is 1. The molecule has 1 N–H and O–H groups in total. The second-order valence-electron chi connectivity index (χ2n) is 4.68. The molecule has 1 rings (SSSR count). The van der Waals surface area contributed by atoms with Crippen molar-refractivity contribution in [1.82, 2.24) is 10.2 Å². The first-order valence-corrected chi connectivity index (χ1v) is 6.85. The average Bonchev–Trinajstić information content (AvgIpc) is 2.38. The Balaban J connectivity index is 2.21. The van der Waals surface area contributed by atoms with Crippen LogP contribution in [-0.4, -0.2) is 63.5 Å². The van der Waals surface area contributed by atoms with Crippen LogP contribution in [0.1, 0.15) is 26.7 Å². The number of ether oxygens (including phenoxy) is 2. The maximum atomic E-state index is 5.55. The van der Waals surface area contributed by atoms with Gasteiger partial charge in [-0.05, 0) is 12.8 Å². The summed E-state index contributed by atoms with van der Waals surface area (Å²) in [7, 11) is 1.71. The third kappa shape index (κ3) is 5.34. The van der Waals surface area contributed by atoms with E-state index in [1.807, 2.05) is 0 Å². The molecule has 1 saturated heterocycles. The van der Waals surface area contributed by atoms with E-state index in [1.54, 1.807) is 7.11 Å².